The van der Waals surface area contributed by atoms with Gasteiger partial charge in [-0.15, -0.1) is 0 Å². The lowest BCUT2D eigenvalue weighted by atomic mass is 9.96. The molecule has 0 radical (unpaired) electrons. The van der Waals surface area contributed by atoms with Crippen molar-refractivity contribution in [1.82, 2.24) is 9.13 Å². The van der Waals surface area contributed by atoms with E-state index >= 15 is 14.4 Å². The van der Waals surface area contributed by atoms with Gasteiger partial charge in [0.15, 0.2) is 0 Å². The lowest BCUT2D eigenvalue weighted by molar-refractivity contribution is 0.0910. The SMILES string of the molecule is Cc1cccc(-c2ccc3c4ccc(-c5cccc(CCc6cccc(-c7ccc8c(c7)c7ccccc7n8-c7cccc8c7C(=O)N(c7cc(-c9ccccc9)cc(-c9ccccc9)c7)C8=O)c6)c5)cc4n(-c4cccc5c4C(=O)N(c4cc(-c6ccccc6)cc(-c6ccccc6)c4)C5=O)c3c2)c1. The first-order valence-electron chi connectivity index (χ1n) is 35.6. The number of carbonyl (C=O) groups is 4. The number of fused-ring (bicyclic) bond motifs is 8. The number of anilines is 2. The highest BCUT2D eigenvalue weighted by molar-refractivity contribution is 6.37. The highest BCUT2D eigenvalue weighted by atomic mass is 16.2. The Morgan fingerprint density at radius 2 is 0.581 bits per heavy atom. The number of amides is 4. The Morgan fingerprint density at radius 3 is 1.04 bits per heavy atom. The van der Waals surface area contributed by atoms with Crippen molar-refractivity contribution in [3.8, 4) is 89.3 Å². The predicted molar refractivity (Wildman–Crippen MR) is 427 cm³/mol. The summed E-state index contributed by atoms with van der Waals surface area (Å²) in [5.41, 5.74) is 24.9. The molecule has 0 aliphatic carbocycles. The topological polar surface area (TPSA) is 84.6 Å². The summed E-state index contributed by atoms with van der Waals surface area (Å²) in [7, 11) is 0. The maximum atomic E-state index is 15.6. The summed E-state index contributed by atoms with van der Waals surface area (Å²) in [6.45, 7) is 2.10. The molecular formula is C97H64N4O4. The Bertz CT molecular complexity index is 6330. The van der Waals surface area contributed by atoms with E-state index in [9.17, 15) is 4.79 Å². The number of imide groups is 2. The van der Waals surface area contributed by atoms with Gasteiger partial charge in [-0.25, -0.2) is 9.80 Å². The van der Waals surface area contributed by atoms with Crippen LogP contribution in [0.25, 0.3) is 133 Å². The van der Waals surface area contributed by atoms with Gasteiger partial charge < -0.3 is 9.13 Å². The molecule has 0 unspecified atom stereocenters. The van der Waals surface area contributed by atoms with Crippen LogP contribution in [0.4, 0.5) is 11.4 Å². The number of para-hydroxylation sites is 1. The van der Waals surface area contributed by atoms with E-state index in [0.29, 0.717) is 45.0 Å². The molecule has 4 amide bonds. The summed E-state index contributed by atoms with van der Waals surface area (Å²) in [4.78, 5) is 63.3. The van der Waals surface area contributed by atoms with Gasteiger partial charge in [0.2, 0.25) is 0 Å². The molecule has 2 aliphatic rings. The fraction of sp³-hybridized carbons (Fsp3) is 0.0309. The molecule has 15 aromatic carbocycles. The van der Waals surface area contributed by atoms with Crippen LogP contribution in [-0.4, -0.2) is 32.8 Å². The van der Waals surface area contributed by atoms with Gasteiger partial charge in [-0.3, -0.25) is 19.2 Å². The summed E-state index contributed by atoms with van der Waals surface area (Å²) in [5, 5.41) is 4.13. The zero-order valence-corrected chi connectivity index (χ0v) is 57.2. The van der Waals surface area contributed by atoms with Gasteiger partial charge in [0.05, 0.1) is 67.1 Å². The van der Waals surface area contributed by atoms with Crippen LogP contribution in [0.2, 0.25) is 0 Å². The quantitative estimate of drug-likeness (QED) is 0.102. The predicted octanol–water partition coefficient (Wildman–Crippen LogP) is 23.2. The van der Waals surface area contributed by atoms with Gasteiger partial charge >= 0.3 is 0 Å². The van der Waals surface area contributed by atoms with Gasteiger partial charge in [-0.1, -0.05) is 260 Å². The Hall–Kier alpha value is -13.8. The van der Waals surface area contributed by atoms with Gasteiger partial charge in [0, 0.05) is 21.5 Å². The van der Waals surface area contributed by atoms with Crippen molar-refractivity contribution < 1.29 is 19.2 Å². The van der Waals surface area contributed by atoms with E-state index in [0.717, 1.165) is 140 Å². The number of nitrogens with zero attached hydrogens (tertiary/aromatic N) is 4. The molecule has 0 atom stereocenters. The lowest BCUT2D eigenvalue weighted by Crippen LogP contribution is -2.29. The second-order valence-electron chi connectivity index (χ2n) is 27.4. The molecular weight excluding hydrogens is 1290 g/mol. The molecule has 19 rings (SSSR count). The maximum Gasteiger partial charge on any atom is 0.268 e. The zero-order chi connectivity index (χ0) is 70.4. The first-order chi connectivity index (χ1) is 51.6. The first kappa shape index (κ1) is 62.2. The molecule has 2 aliphatic heterocycles. The minimum atomic E-state index is -0.377. The third kappa shape index (κ3) is 10.8. The summed E-state index contributed by atoms with van der Waals surface area (Å²) in [5.74, 6) is -1.47. The third-order valence-corrected chi connectivity index (χ3v) is 21.1. The Balaban J connectivity index is 0.637. The number of carbonyl (C=O) groups excluding carboxylic acids is 4. The molecule has 0 fully saturated rings. The number of hydrogen-bond acceptors (Lipinski definition) is 4. The summed E-state index contributed by atoms with van der Waals surface area (Å²) in [6, 6.07) is 118. The highest BCUT2D eigenvalue weighted by Crippen LogP contribution is 2.45. The molecule has 17 aromatic rings. The van der Waals surface area contributed by atoms with E-state index in [1.165, 1.54) is 20.9 Å². The molecule has 496 valence electrons. The number of aryl methyl sites for hydroxylation is 3. The second kappa shape index (κ2) is 25.4. The van der Waals surface area contributed by atoms with Crippen LogP contribution in [0.15, 0.2) is 346 Å². The van der Waals surface area contributed by atoms with Crippen molar-refractivity contribution in [3.05, 3.63) is 385 Å². The number of hydrogen-bond donors (Lipinski definition) is 0. The van der Waals surface area contributed by atoms with Crippen LogP contribution < -0.4 is 9.80 Å². The molecule has 4 heterocycles. The molecule has 2 aromatic heterocycles. The molecule has 8 heteroatoms. The maximum absolute atomic E-state index is 15.6. The average Bonchev–Trinajstić information content (AvgIpc) is 1.57. The Kier molecular flexibility index (Phi) is 15.0. The molecule has 8 nitrogen and oxygen atoms in total. The Morgan fingerprint density at radius 1 is 0.229 bits per heavy atom. The Labute approximate surface area is 606 Å². The van der Waals surface area contributed by atoms with E-state index < -0.39 is 0 Å². The van der Waals surface area contributed by atoms with Gasteiger partial charge in [-0.2, -0.15) is 0 Å². The van der Waals surface area contributed by atoms with Crippen molar-refractivity contribution in [2.45, 2.75) is 19.8 Å². The lowest BCUT2D eigenvalue weighted by Gasteiger charge is -2.18. The fourth-order valence-electron chi connectivity index (χ4n) is 16.0. The first-order valence-corrected chi connectivity index (χ1v) is 35.6. The van der Waals surface area contributed by atoms with Crippen LogP contribution in [0, 0.1) is 6.92 Å². The normalized spacial score (nSPS) is 12.7. The van der Waals surface area contributed by atoms with Gasteiger partial charge in [0.25, 0.3) is 23.6 Å². The van der Waals surface area contributed by atoms with Crippen LogP contribution in [-0.2, 0) is 12.8 Å². The summed E-state index contributed by atoms with van der Waals surface area (Å²) in [6.07, 6.45) is 1.60. The number of benzene rings is 15. The largest absolute Gasteiger partial charge is 0.308 e. The number of rotatable bonds is 14. The van der Waals surface area contributed by atoms with Gasteiger partial charge in [-0.05, 0) is 200 Å². The third-order valence-electron chi connectivity index (χ3n) is 21.1. The average molecular weight is 1350 g/mol. The zero-order valence-electron chi connectivity index (χ0n) is 57.2. The van der Waals surface area contributed by atoms with E-state index in [-0.39, 0.29) is 23.6 Å². The molecule has 105 heavy (non-hydrogen) atoms. The number of aromatic nitrogens is 2. The molecule has 0 saturated carbocycles. The summed E-state index contributed by atoms with van der Waals surface area (Å²) >= 11 is 0. The van der Waals surface area contributed by atoms with Crippen molar-refractivity contribution >= 4 is 78.6 Å². The smallest absolute Gasteiger partial charge is 0.268 e. The highest BCUT2D eigenvalue weighted by Gasteiger charge is 2.42. The molecule has 0 spiro atoms. The van der Waals surface area contributed by atoms with Crippen LogP contribution >= 0.6 is 0 Å². The van der Waals surface area contributed by atoms with Crippen molar-refractivity contribution in [1.29, 1.82) is 0 Å². The van der Waals surface area contributed by atoms with Crippen LogP contribution in [0.5, 0.6) is 0 Å². The minimum absolute atomic E-state index is 0.354. The van der Waals surface area contributed by atoms with Crippen molar-refractivity contribution in [3.63, 3.8) is 0 Å². The summed E-state index contributed by atoms with van der Waals surface area (Å²) < 4.78 is 4.34. The molecule has 0 bridgehead atoms. The van der Waals surface area contributed by atoms with Crippen molar-refractivity contribution in [2.24, 2.45) is 0 Å². The van der Waals surface area contributed by atoms with E-state index in [1.807, 2.05) is 176 Å². The van der Waals surface area contributed by atoms with Gasteiger partial charge in [0.1, 0.15) is 0 Å². The van der Waals surface area contributed by atoms with E-state index in [2.05, 4.69) is 174 Å². The second-order valence-corrected chi connectivity index (χ2v) is 27.4. The fourth-order valence-corrected chi connectivity index (χ4v) is 16.0. The van der Waals surface area contributed by atoms with Crippen LogP contribution in [0.3, 0.4) is 0 Å². The van der Waals surface area contributed by atoms with Crippen LogP contribution in [0.1, 0.15) is 58.1 Å². The molecule has 0 saturated heterocycles. The van der Waals surface area contributed by atoms with E-state index in [4.69, 9.17) is 0 Å². The minimum Gasteiger partial charge on any atom is -0.308 e. The monoisotopic (exact) mass is 1350 g/mol. The van der Waals surface area contributed by atoms with E-state index in [1.54, 1.807) is 12.1 Å². The standard InChI is InChI=1S/C97H64N4O4/c1-61-21-16-32-68(49-61)72-43-46-81-82-47-44-73(60-91(82)101(90(81)59-72)89-40-20-37-84-93(89)97(105)99(95(84)103)79-56-76(66-28-10-4-11-29-66)53-77(57-79)67-30-12-5-13-31-67)70-34-18-23-63(51-70)42-41-62-22-17-33-69(50-62)71-45-48-87-85(58-71)80-35-14-15-38-86(80)100(87)88-39-19-36-83-92(88)96(104)98(94(83)102)78-54-74(64-24-6-2-7-25-64)52-75(55-78)65-26-8-3-9-27-65/h2-40,43-60H,41-42H2,1H3. The van der Waals surface area contributed by atoms with Crippen molar-refractivity contribution in [2.75, 3.05) is 9.80 Å². The molecule has 0 N–H and O–H groups in total.